The molecule has 2 aliphatic heterocycles. The van der Waals surface area contributed by atoms with Crippen LogP contribution in [-0.4, -0.2) is 31.0 Å². The van der Waals surface area contributed by atoms with Crippen molar-refractivity contribution in [1.82, 2.24) is 5.32 Å². The van der Waals surface area contributed by atoms with Crippen LogP contribution in [0.4, 0.5) is 5.69 Å². The summed E-state index contributed by atoms with van der Waals surface area (Å²) >= 11 is 6.58. The minimum Gasteiger partial charge on any atom is -0.490 e. The number of para-hydroxylation sites is 1. The van der Waals surface area contributed by atoms with Gasteiger partial charge in [-0.3, -0.25) is 19.3 Å². The SMILES string of the molecule is CC(=O)OCCOc1ccc(C(=O)N2c3ccccc3CNC(=O)C2(C)c2ccc3cccc-3o2)c(Cl)c1. The molecule has 0 bridgehead atoms. The van der Waals surface area contributed by atoms with Crippen LogP contribution in [0.25, 0.3) is 11.3 Å². The number of ether oxygens (including phenoxy) is 2. The summed E-state index contributed by atoms with van der Waals surface area (Å²) in [6, 6.07) is 21.2. The van der Waals surface area contributed by atoms with Gasteiger partial charge in [0, 0.05) is 19.0 Å². The fourth-order valence-electron chi connectivity index (χ4n) is 4.56. The van der Waals surface area contributed by atoms with Crippen molar-refractivity contribution < 1.29 is 28.3 Å². The zero-order valence-electron chi connectivity index (χ0n) is 20.8. The van der Waals surface area contributed by atoms with E-state index in [2.05, 4.69) is 5.32 Å². The first kappa shape index (κ1) is 25.4. The first-order chi connectivity index (χ1) is 18.3. The number of carbonyl (C=O) groups is 3. The lowest BCUT2D eigenvalue weighted by molar-refractivity contribution is -0.141. The van der Waals surface area contributed by atoms with Gasteiger partial charge in [0.2, 0.25) is 0 Å². The van der Waals surface area contributed by atoms with E-state index >= 15 is 0 Å². The normalized spacial score (nSPS) is 16.9. The average molecular weight is 533 g/mol. The van der Waals surface area contributed by atoms with Gasteiger partial charge in [0.25, 0.3) is 11.8 Å². The van der Waals surface area contributed by atoms with Crippen molar-refractivity contribution in [1.29, 1.82) is 0 Å². The Hall–Kier alpha value is -4.30. The Morgan fingerprint density at radius 2 is 1.87 bits per heavy atom. The van der Waals surface area contributed by atoms with Gasteiger partial charge in [-0.2, -0.15) is 0 Å². The molecule has 5 rings (SSSR count). The number of esters is 1. The Labute approximate surface area is 224 Å². The fraction of sp³-hybridized carbons (Fsp3) is 0.207. The molecule has 2 aromatic carbocycles. The second-order valence-corrected chi connectivity index (χ2v) is 9.41. The quantitative estimate of drug-likeness (QED) is 0.272. The van der Waals surface area contributed by atoms with Crippen molar-refractivity contribution in [3.63, 3.8) is 0 Å². The highest BCUT2D eigenvalue weighted by Gasteiger charge is 2.49. The molecule has 0 fully saturated rings. The van der Waals surface area contributed by atoms with Crippen LogP contribution in [-0.2, 0) is 26.4 Å². The van der Waals surface area contributed by atoms with Crippen LogP contribution in [0.15, 0.2) is 77.2 Å². The zero-order valence-corrected chi connectivity index (χ0v) is 21.6. The van der Waals surface area contributed by atoms with Gasteiger partial charge in [-0.1, -0.05) is 41.9 Å². The molecular formula is C29H25ClN2O6. The summed E-state index contributed by atoms with van der Waals surface area (Å²) in [5, 5.41) is 3.09. The molecule has 8 nitrogen and oxygen atoms in total. The highest BCUT2D eigenvalue weighted by atomic mass is 35.5. The Bertz CT molecular complexity index is 1500. The molecule has 0 saturated heterocycles. The number of amides is 2. The van der Waals surface area contributed by atoms with Crippen LogP contribution in [0, 0.1) is 0 Å². The van der Waals surface area contributed by atoms with Gasteiger partial charge in [0.1, 0.15) is 30.5 Å². The predicted molar refractivity (Wildman–Crippen MR) is 141 cm³/mol. The van der Waals surface area contributed by atoms with E-state index in [4.69, 9.17) is 25.5 Å². The van der Waals surface area contributed by atoms with Gasteiger partial charge in [-0.15, -0.1) is 0 Å². The standard InChI is InChI=1S/C29H25ClN2O6/c1-18(33)36-14-15-37-21-11-12-22(23(30)16-21)27(34)32-24-8-4-3-6-20(24)17-31-28(35)29(32,2)26-13-10-19-7-5-9-25(19)38-26/h3-13,16H,14-15,17H2,1-2H3,(H,31,35). The van der Waals surface area contributed by atoms with Crippen LogP contribution in [0.3, 0.4) is 0 Å². The molecule has 0 spiro atoms. The number of hydrogen-bond acceptors (Lipinski definition) is 6. The van der Waals surface area contributed by atoms with E-state index in [1.807, 2.05) is 42.5 Å². The summed E-state index contributed by atoms with van der Waals surface area (Å²) in [6.07, 6.45) is 0. The van der Waals surface area contributed by atoms with Gasteiger partial charge < -0.3 is 19.2 Å². The number of benzene rings is 2. The molecule has 3 aliphatic rings. The summed E-state index contributed by atoms with van der Waals surface area (Å²) in [5.74, 6) is 0.0494. The van der Waals surface area contributed by atoms with E-state index in [-0.39, 0.29) is 30.3 Å². The zero-order chi connectivity index (χ0) is 26.9. The molecule has 9 heteroatoms. The Morgan fingerprint density at radius 3 is 2.66 bits per heavy atom. The molecule has 38 heavy (non-hydrogen) atoms. The lowest BCUT2D eigenvalue weighted by atomic mass is 9.92. The molecule has 2 aromatic rings. The number of fused-ring (bicyclic) bond motifs is 2. The third kappa shape index (κ3) is 4.59. The van der Waals surface area contributed by atoms with Crippen LogP contribution >= 0.6 is 11.6 Å². The van der Waals surface area contributed by atoms with Crippen molar-refractivity contribution in [2.75, 3.05) is 18.1 Å². The van der Waals surface area contributed by atoms with Crippen molar-refractivity contribution in [3.8, 4) is 17.1 Å². The van der Waals surface area contributed by atoms with Crippen molar-refractivity contribution in [2.45, 2.75) is 25.9 Å². The maximum absolute atomic E-state index is 14.3. The predicted octanol–water partition coefficient (Wildman–Crippen LogP) is 5.17. The largest absolute Gasteiger partial charge is 0.490 e. The number of halogens is 1. The van der Waals surface area contributed by atoms with Gasteiger partial charge in [-0.05, 0) is 55.0 Å². The summed E-state index contributed by atoms with van der Waals surface area (Å²) in [5.41, 5.74) is 0.876. The van der Waals surface area contributed by atoms with E-state index in [9.17, 15) is 14.4 Å². The second kappa shape index (κ2) is 10.2. The average Bonchev–Trinajstić information content (AvgIpc) is 3.34. The molecular weight excluding hydrogens is 508 g/mol. The minimum atomic E-state index is -1.53. The molecule has 2 amide bonds. The molecule has 1 aliphatic carbocycles. The lowest BCUT2D eigenvalue weighted by Crippen LogP contribution is -2.55. The topological polar surface area (TPSA) is 98.1 Å². The van der Waals surface area contributed by atoms with E-state index in [0.29, 0.717) is 23.0 Å². The van der Waals surface area contributed by atoms with Crippen LogP contribution in [0.2, 0.25) is 5.02 Å². The number of nitrogens with zero attached hydrogens (tertiary/aromatic N) is 1. The monoisotopic (exact) mass is 532 g/mol. The Kier molecular flexibility index (Phi) is 6.82. The minimum absolute atomic E-state index is 0.0862. The van der Waals surface area contributed by atoms with Crippen LogP contribution < -0.4 is 15.0 Å². The highest BCUT2D eigenvalue weighted by molar-refractivity contribution is 6.35. The molecule has 1 unspecified atom stereocenters. The third-order valence-electron chi connectivity index (χ3n) is 6.51. The first-order valence-electron chi connectivity index (χ1n) is 12.0. The van der Waals surface area contributed by atoms with Gasteiger partial charge in [0.05, 0.1) is 16.3 Å². The van der Waals surface area contributed by atoms with Crippen LogP contribution in [0.5, 0.6) is 5.75 Å². The van der Waals surface area contributed by atoms with Crippen LogP contribution in [0.1, 0.15) is 35.5 Å². The maximum atomic E-state index is 14.3. The summed E-state index contributed by atoms with van der Waals surface area (Å²) in [4.78, 5) is 40.3. The molecule has 0 radical (unpaired) electrons. The number of carbonyl (C=O) groups excluding carboxylic acids is 3. The second-order valence-electron chi connectivity index (χ2n) is 9.00. The highest BCUT2D eigenvalue weighted by Crippen LogP contribution is 2.41. The Balaban J connectivity index is 1.57. The Morgan fingerprint density at radius 1 is 1.05 bits per heavy atom. The van der Waals surface area contributed by atoms with Crippen molar-refractivity contribution in [2.24, 2.45) is 0 Å². The summed E-state index contributed by atoms with van der Waals surface area (Å²) in [6.45, 7) is 3.44. The number of rotatable bonds is 6. The van der Waals surface area contributed by atoms with Crippen molar-refractivity contribution >= 4 is 35.1 Å². The molecule has 0 saturated carbocycles. The lowest BCUT2D eigenvalue weighted by Gasteiger charge is -2.38. The van der Waals surface area contributed by atoms with E-state index in [1.165, 1.54) is 17.9 Å². The third-order valence-corrected chi connectivity index (χ3v) is 6.83. The first-order valence-corrected chi connectivity index (χ1v) is 12.4. The van der Waals surface area contributed by atoms with Gasteiger partial charge >= 0.3 is 5.97 Å². The molecule has 2 heterocycles. The maximum Gasteiger partial charge on any atom is 0.302 e. The number of hydrogen-bond donors (Lipinski definition) is 1. The smallest absolute Gasteiger partial charge is 0.302 e. The molecule has 1 atom stereocenters. The van der Waals surface area contributed by atoms with Crippen molar-refractivity contribution in [3.05, 3.63) is 94.7 Å². The van der Waals surface area contributed by atoms with E-state index in [0.717, 1.165) is 11.1 Å². The van der Waals surface area contributed by atoms with E-state index in [1.54, 1.807) is 31.2 Å². The van der Waals surface area contributed by atoms with Gasteiger partial charge in [0.15, 0.2) is 5.54 Å². The summed E-state index contributed by atoms with van der Waals surface area (Å²) in [7, 11) is 0. The number of anilines is 1. The fourth-order valence-corrected chi connectivity index (χ4v) is 4.81. The number of nitrogens with one attached hydrogen (secondary N) is 1. The molecule has 0 aromatic heterocycles. The summed E-state index contributed by atoms with van der Waals surface area (Å²) < 4.78 is 16.6. The van der Waals surface area contributed by atoms with E-state index < -0.39 is 23.3 Å². The molecule has 194 valence electrons. The molecule has 1 N–H and O–H groups in total. The van der Waals surface area contributed by atoms with Gasteiger partial charge in [-0.25, -0.2) is 0 Å².